The molecule has 5 nitrogen and oxygen atoms in total. The zero-order chi connectivity index (χ0) is 17.7. The van der Waals surface area contributed by atoms with Gasteiger partial charge in [-0.25, -0.2) is 4.98 Å². The minimum atomic E-state index is -0.0901. The number of nitrogens with one attached hydrogen (secondary N) is 1. The van der Waals surface area contributed by atoms with Crippen LogP contribution in [0.15, 0.2) is 24.4 Å². The SMILES string of the molecule is CCN(CC)C(C)CNC(=O)c1nc(CC(C)C)n2ccccc12. The number of amides is 1. The fraction of sp³-hybridized carbons (Fsp3) is 0.579. The number of hydrogen-bond donors (Lipinski definition) is 1. The lowest BCUT2D eigenvalue weighted by Gasteiger charge is -2.26. The van der Waals surface area contributed by atoms with E-state index in [0.29, 0.717) is 24.2 Å². The van der Waals surface area contributed by atoms with Crippen LogP contribution in [-0.4, -0.2) is 45.9 Å². The highest BCUT2D eigenvalue weighted by Crippen LogP contribution is 2.16. The number of likely N-dealkylation sites (N-methyl/N-ethyl adjacent to an activating group) is 1. The fourth-order valence-corrected chi connectivity index (χ4v) is 3.08. The van der Waals surface area contributed by atoms with Crippen LogP contribution >= 0.6 is 0 Å². The van der Waals surface area contributed by atoms with Crippen molar-refractivity contribution in [3.63, 3.8) is 0 Å². The lowest BCUT2D eigenvalue weighted by Crippen LogP contribution is -2.42. The van der Waals surface area contributed by atoms with E-state index in [4.69, 9.17) is 0 Å². The van der Waals surface area contributed by atoms with Crippen molar-refractivity contribution in [1.82, 2.24) is 19.6 Å². The van der Waals surface area contributed by atoms with Crippen LogP contribution in [0.25, 0.3) is 5.52 Å². The number of nitrogens with zero attached hydrogens (tertiary/aromatic N) is 3. The average molecular weight is 330 g/mol. The van der Waals surface area contributed by atoms with Crippen molar-refractivity contribution >= 4 is 11.4 Å². The van der Waals surface area contributed by atoms with Crippen molar-refractivity contribution in [2.75, 3.05) is 19.6 Å². The maximum Gasteiger partial charge on any atom is 0.272 e. The molecule has 2 aromatic heterocycles. The normalized spacial score (nSPS) is 13.0. The van der Waals surface area contributed by atoms with E-state index in [1.165, 1.54) is 0 Å². The summed E-state index contributed by atoms with van der Waals surface area (Å²) in [5, 5.41) is 3.05. The van der Waals surface area contributed by atoms with Crippen molar-refractivity contribution < 1.29 is 4.79 Å². The van der Waals surface area contributed by atoms with Gasteiger partial charge in [0.25, 0.3) is 5.91 Å². The van der Waals surface area contributed by atoms with Crippen LogP contribution in [0.2, 0.25) is 0 Å². The molecule has 132 valence electrons. The molecule has 2 rings (SSSR count). The second kappa shape index (κ2) is 8.29. The van der Waals surface area contributed by atoms with Crippen molar-refractivity contribution in [1.29, 1.82) is 0 Å². The van der Waals surface area contributed by atoms with Gasteiger partial charge in [-0.15, -0.1) is 0 Å². The lowest BCUT2D eigenvalue weighted by atomic mass is 10.1. The van der Waals surface area contributed by atoms with Crippen LogP contribution in [0.3, 0.4) is 0 Å². The Morgan fingerprint density at radius 1 is 1.25 bits per heavy atom. The van der Waals surface area contributed by atoms with Crippen molar-refractivity contribution in [2.24, 2.45) is 5.92 Å². The highest BCUT2D eigenvalue weighted by atomic mass is 16.1. The third-order valence-corrected chi connectivity index (χ3v) is 4.42. The molecule has 0 aliphatic carbocycles. The Kier molecular flexibility index (Phi) is 6.37. The van der Waals surface area contributed by atoms with E-state index in [9.17, 15) is 4.79 Å². The Hall–Kier alpha value is -1.88. The maximum atomic E-state index is 12.7. The molecule has 0 spiro atoms. The molecule has 2 aromatic rings. The summed E-state index contributed by atoms with van der Waals surface area (Å²) in [5.41, 5.74) is 1.40. The first-order valence-corrected chi connectivity index (χ1v) is 8.96. The highest BCUT2D eigenvalue weighted by Gasteiger charge is 2.19. The zero-order valence-corrected chi connectivity index (χ0v) is 15.5. The van der Waals surface area contributed by atoms with Crippen LogP contribution in [0.4, 0.5) is 0 Å². The molecule has 0 aliphatic rings. The van der Waals surface area contributed by atoms with Crippen LogP contribution in [0.1, 0.15) is 50.9 Å². The maximum absolute atomic E-state index is 12.7. The number of fused-ring (bicyclic) bond motifs is 1. The Morgan fingerprint density at radius 3 is 2.58 bits per heavy atom. The molecule has 1 unspecified atom stereocenters. The summed E-state index contributed by atoms with van der Waals surface area (Å²) < 4.78 is 2.03. The third-order valence-electron chi connectivity index (χ3n) is 4.42. The molecule has 0 fully saturated rings. The molecular weight excluding hydrogens is 300 g/mol. The van der Waals surface area contributed by atoms with Gasteiger partial charge >= 0.3 is 0 Å². The fourth-order valence-electron chi connectivity index (χ4n) is 3.08. The Bertz CT molecular complexity index is 673. The summed E-state index contributed by atoms with van der Waals surface area (Å²) in [6, 6.07) is 6.20. The van der Waals surface area contributed by atoms with Crippen molar-refractivity contribution in [3.05, 3.63) is 35.9 Å². The van der Waals surface area contributed by atoms with E-state index < -0.39 is 0 Å². The number of pyridine rings is 1. The molecule has 2 heterocycles. The summed E-state index contributed by atoms with van der Waals surface area (Å²) in [7, 11) is 0. The van der Waals surface area contributed by atoms with Gasteiger partial charge < -0.3 is 9.72 Å². The van der Waals surface area contributed by atoms with Gasteiger partial charge in [-0.05, 0) is 38.1 Å². The van der Waals surface area contributed by atoms with Gasteiger partial charge in [-0.3, -0.25) is 9.69 Å². The van der Waals surface area contributed by atoms with E-state index in [0.717, 1.165) is 30.9 Å². The predicted molar refractivity (Wildman–Crippen MR) is 98.5 cm³/mol. The molecule has 0 bridgehead atoms. The molecule has 1 N–H and O–H groups in total. The minimum absolute atomic E-state index is 0.0901. The highest BCUT2D eigenvalue weighted by molar-refractivity contribution is 5.99. The van der Waals surface area contributed by atoms with E-state index in [-0.39, 0.29) is 5.91 Å². The van der Waals surface area contributed by atoms with E-state index >= 15 is 0 Å². The number of rotatable bonds is 8. The van der Waals surface area contributed by atoms with Crippen molar-refractivity contribution in [2.45, 2.75) is 47.1 Å². The molecule has 0 saturated heterocycles. The Balaban J connectivity index is 2.17. The topological polar surface area (TPSA) is 49.6 Å². The second-order valence-corrected chi connectivity index (χ2v) is 6.71. The smallest absolute Gasteiger partial charge is 0.272 e. The number of aromatic nitrogens is 2. The summed E-state index contributed by atoms with van der Waals surface area (Å²) in [5.74, 6) is 1.35. The number of carbonyl (C=O) groups is 1. The van der Waals surface area contributed by atoms with Gasteiger partial charge in [0.15, 0.2) is 5.69 Å². The summed E-state index contributed by atoms with van der Waals surface area (Å²) in [6.45, 7) is 13.4. The van der Waals surface area contributed by atoms with E-state index in [2.05, 4.69) is 49.8 Å². The first-order valence-electron chi connectivity index (χ1n) is 8.96. The quantitative estimate of drug-likeness (QED) is 0.809. The van der Waals surface area contributed by atoms with Crippen LogP contribution in [-0.2, 0) is 6.42 Å². The lowest BCUT2D eigenvalue weighted by molar-refractivity contribution is 0.0935. The standard InChI is InChI=1S/C19H30N4O/c1-6-22(7-2)15(5)13-20-19(24)18-16-10-8-9-11-23(16)17(21-18)12-14(3)4/h8-11,14-15H,6-7,12-13H2,1-5H3,(H,20,24). The largest absolute Gasteiger partial charge is 0.349 e. The monoisotopic (exact) mass is 330 g/mol. The molecule has 1 atom stereocenters. The first-order chi connectivity index (χ1) is 11.5. The van der Waals surface area contributed by atoms with Crippen LogP contribution in [0, 0.1) is 5.92 Å². The molecule has 0 radical (unpaired) electrons. The minimum Gasteiger partial charge on any atom is -0.349 e. The third kappa shape index (κ3) is 4.15. The van der Waals surface area contributed by atoms with Gasteiger partial charge in [-0.2, -0.15) is 0 Å². The van der Waals surface area contributed by atoms with Gasteiger partial charge in [0.1, 0.15) is 5.82 Å². The second-order valence-electron chi connectivity index (χ2n) is 6.71. The number of imidazole rings is 1. The molecule has 0 saturated carbocycles. The molecule has 1 amide bonds. The van der Waals surface area contributed by atoms with Gasteiger partial charge in [0.2, 0.25) is 0 Å². The molecule has 0 aliphatic heterocycles. The zero-order valence-electron chi connectivity index (χ0n) is 15.5. The van der Waals surface area contributed by atoms with Gasteiger partial charge in [0.05, 0.1) is 5.52 Å². The summed E-state index contributed by atoms with van der Waals surface area (Å²) in [4.78, 5) is 19.6. The number of carbonyl (C=O) groups excluding carboxylic acids is 1. The summed E-state index contributed by atoms with van der Waals surface area (Å²) in [6.07, 6.45) is 2.84. The predicted octanol–water partition coefficient (Wildman–Crippen LogP) is 2.99. The van der Waals surface area contributed by atoms with Gasteiger partial charge in [0, 0.05) is 25.2 Å². The number of hydrogen-bond acceptors (Lipinski definition) is 3. The summed E-state index contributed by atoms with van der Waals surface area (Å²) >= 11 is 0. The average Bonchev–Trinajstić information content (AvgIpc) is 2.92. The van der Waals surface area contributed by atoms with Crippen LogP contribution < -0.4 is 5.32 Å². The van der Waals surface area contributed by atoms with E-state index in [1.807, 2.05) is 28.8 Å². The molecule has 24 heavy (non-hydrogen) atoms. The van der Waals surface area contributed by atoms with Gasteiger partial charge in [-0.1, -0.05) is 33.8 Å². The Labute approximate surface area is 145 Å². The van der Waals surface area contributed by atoms with E-state index in [1.54, 1.807) is 0 Å². The van der Waals surface area contributed by atoms with Crippen molar-refractivity contribution in [3.8, 4) is 0 Å². The first kappa shape index (κ1) is 18.5. The molecular formula is C19H30N4O. The van der Waals surface area contributed by atoms with Crippen LogP contribution in [0.5, 0.6) is 0 Å². The molecule has 0 aromatic carbocycles. The Morgan fingerprint density at radius 2 is 1.96 bits per heavy atom. The molecule has 5 heteroatoms.